The molecule has 0 bridgehead atoms. The van der Waals surface area contributed by atoms with Gasteiger partial charge in [0.2, 0.25) is 0 Å². The smallest absolute Gasteiger partial charge is 0.255 e. The predicted molar refractivity (Wildman–Crippen MR) is 110 cm³/mol. The van der Waals surface area contributed by atoms with Crippen LogP contribution in [-0.4, -0.2) is 36.4 Å². The molecule has 0 saturated carbocycles. The van der Waals surface area contributed by atoms with Gasteiger partial charge in [-0.05, 0) is 69.4 Å². The molecule has 0 spiro atoms. The molecule has 4 nitrogen and oxygen atoms in total. The number of aromatic amines is 1. The molecule has 3 rings (SSSR count). The van der Waals surface area contributed by atoms with Crippen molar-refractivity contribution in [3.8, 4) is 0 Å². The zero-order chi connectivity index (χ0) is 18.8. The van der Waals surface area contributed by atoms with Gasteiger partial charge in [0.15, 0.2) is 0 Å². The molecule has 0 unspecified atom stereocenters. The van der Waals surface area contributed by atoms with Crippen LogP contribution in [0.2, 0.25) is 10.0 Å². The average Bonchev–Trinajstić information content (AvgIpc) is 2.90. The van der Waals surface area contributed by atoms with Gasteiger partial charge < -0.3 is 15.2 Å². The molecular weight excluding hydrogens is 369 g/mol. The number of benzene rings is 2. The number of nitrogens with one attached hydrogen (secondary N) is 2. The Balaban J connectivity index is 1.87. The summed E-state index contributed by atoms with van der Waals surface area (Å²) in [5, 5.41) is 4.86. The van der Waals surface area contributed by atoms with Crippen molar-refractivity contribution in [1.29, 1.82) is 0 Å². The fourth-order valence-corrected chi connectivity index (χ4v) is 3.26. The third kappa shape index (κ3) is 4.04. The summed E-state index contributed by atoms with van der Waals surface area (Å²) in [5.74, 6) is -0.218. The van der Waals surface area contributed by atoms with Gasteiger partial charge in [0, 0.05) is 34.4 Å². The van der Waals surface area contributed by atoms with E-state index < -0.39 is 0 Å². The van der Waals surface area contributed by atoms with E-state index in [-0.39, 0.29) is 5.91 Å². The Morgan fingerprint density at radius 3 is 2.58 bits per heavy atom. The van der Waals surface area contributed by atoms with Crippen LogP contribution in [0.4, 0.5) is 5.69 Å². The number of likely N-dealkylation sites (N-methyl/N-ethyl adjacent to an activating group) is 1. The number of aromatic nitrogens is 1. The molecule has 0 aliphatic carbocycles. The first-order valence-corrected chi connectivity index (χ1v) is 9.13. The Morgan fingerprint density at radius 2 is 1.88 bits per heavy atom. The van der Waals surface area contributed by atoms with Crippen LogP contribution in [0.15, 0.2) is 36.4 Å². The summed E-state index contributed by atoms with van der Waals surface area (Å²) in [7, 11) is 4.13. The van der Waals surface area contributed by atoms with Crippen LogP contribution in [0.25, 0.3) is 10.9 Å². The quantitative estimate of drug-likeness (QED) is 0.634. The number of carbonyl (C=O) groups excluding carboxylic acids is 1. The number of H-pyrrole nitrogens is 1. The fraction of sp³-hybridized carbons (Fsp3) is 0.250. The zero-order valence-corrected chi connectivity index (χ0v) is 16.5. The number of anilines is 1. The molecule has 3 aromatic rings. The van der Waals surface area contributed by atoms with Crippen LogP contribution in [0.3, 0.4) is 0 Å². The van der Waals surface area contributed by atoms with E-state index in [4.69, 9.17) is 23.2 Å². The second kappa shape index (κ2) is 7.70. The van der Waals surface area contributed by atoms with Crippen LogP contribution in [0.1, 0.15) is 21.6 Å². The third-order valence-electron chi connectivity index (χ3n) is 4.37. The zero-order valence-electron chi connectivity index (χ0n) is 15.0. The molecule has 136 valence electrons. The fourth-order valence-electron chi connectivity index (χ4n) is 2.96. The minimum atomic E-state index is -0.218. The maximum Gasteiger partial charge on any atom is 0.255 e. The van der Waals surface area contributed by atoms with Gasteiger partial charge in [-0.25, -0.2) is 0 Å². The molecule has 0 fully saturated rings. The molecule has 26 heavy (non-hydrogen) atoms. The van der Waals surface area contributed by atoms with E-state index in [0.29, 0.717) is 15.6 Å². The summed E-state index contributed by atoms with van der Waals surface area (Å²) in [6.45, 7) is 3.05. The number of rotatable bonds is 5. The maximum absolute atomic E-state index is 12.5. The number of aryl methyl sites for hydroxylation is 1. The SMILES string of the molecule is Cc1[nH]c2ccc(NC(=O)c3ccc(Cl)c(Cl)c3)cc2c1CCN(C)C. The van der Waals surface area contributed by atoms with Crippen LogP contribution in [0, 0.1) is 6.92 Å². The third-order valence-corrected chi connectivity index (χ3v) is 5.11. The molecule has 2 N–H and O–H groups in total. The van der Waals surface area contributed by atoms with Gasteiger partial charge >= 0.3 is 0 Å². The van der Waals surface area contributed by atoms with Gasteiger partial charge in [-0.3, -0.25) is 4.79 Å². The van der Waals surface area contributed by atoms with E-state index in [0.717, 1.165) is 35.2 Å². The summed E-state index contributed by atoms with van der Waals surface area (Å²) in [5.41, 5.74) is 4.73. The standard InChI is InChI=1S/C20H21Cl2N3O/c1-12-15(8-9-25(2)3)16-11-14(5-7-19(16)23-12)24-20(26)13-4-6-17(21)18(22)10-13/h4-7,10-11,23H,8-9H2,1-3H3,(H,24,26). The van der Waals surface area contributed by atoms with Crippen molar-refractivity contribution in [2.75, 3.05) is 26.0 Å². The Bertz CT molecular complexity index is 963. The largest absolute Gasteiger partial charge is 0.358 e. The molecule has 1 amide bonds. The molecule has 1 aromatic heterocycles. The highest BCUT2D eigenvalue weighted by atomic mass is 35.5. The normalized spacial score (nSPS) is 11.3. The van der Waals surface area contributed by atoms with Crippen LogP contribution < -0.4 is 5.32 Å². The predicted octanol–water partition coefficient (Wildman–Crippen LogP) is 5.14. The molecule has 0 saturated heterocycles. The first-order chi connectivity index (χ1) is 12.3. The summed E-state index contributed by atoms with van der Waals surface area (Å²) in [6, 6.07) is 10.7. The minimum Gasteiger partial charge on any atom is -0.358 e. The molecule has 1 heterocycles. The number of hydrogen-bond acceptors (Lipinski definition) is 2. The van der Waals surface area contributed by atoms with Gasteiger partial charge in [-0.2, -0.15) is 0 Å². The topological polar surface area (TPSA) is 48.1 Å². The Hall–Kier alpha value is -2.01. The van der Waals surface area contributed by atoms with Crippen LogP contribution >= 0.6 is 23.2 Å². The lowest BCUT2D eigenvalue weighted by molar-refractivity contribution is 0.102. The van der Waals surface area contributed by atoms with E-state index in [1.165, 1.54) is 5.56 Å². The number of halogens is 2. The monoisotopic (exact) mass is 389 g/mol. The number of fused-ring (bicyclic) bond motifs is 1. The van der Waals surface area contributed by atoms with E-state index in [1.807, 2.05) is 18.2 Å². The molecular formula is C20H21Cl2N3O. The van der Waals surface area contributed by atoms with E-state index in [1.54, 1.807) is 18.2 Å². The van der Waals surface area contributed by atoms with Gasteiger partial charge in [0.05, 0.1) is 10.0 Å². The summed E-state index contributed by atoms with van der Waals surface area (Å²) >= 11 is 11.9. The molecule has 0 aliphatic heterocycles. The first-order valence-electron chi connectivity index (χ1n) is 8.37. The molecule has 0 atom stereocenters. The van der Waals surface area contributed by atoms with Crippen LogP contribution in [-0.2, 0) is 6.42 Å². The van der Waals surface area contributed by atoms with Gasteiger partial charge in [-0.1, -0.05) is 23.2 Å². The van der Waals surface area contributed by atoms with Gasteiger partial charge in [0.25, 0.3) is 5.91 Å². The average molecular weight is 390 g/mol. The first kappa shape index (κ1) is 18.8. The van der Waals surface area contributed by atoms with Gasteiger partial charge in [-0.15, -0.1) is 0 Å². The van der Waals surface area contributed by atoms with Crippen molar-refractivity contribution in [1.82, 2.24) is 9.88 Å². The van der Waals surface area contributed by atoms with E-state index >= 15 is 0 Å². The Labute approximate surface area is 163 Å². The lowest BCUT2D eigenvalue weighted by atomic mass is 10.1. The number of amides is 1. The second-order valence-electron chi connectivity index (χ2n) is 6.63. The Kier molecular flexibility index (Phi) is 5.56. The highest BCUT2D eigenvalue weighted by molar-refractivity contribution is 6.42. The summed E-state index contributed by atoms with van der Waals surface area (Å²) in [6.07, 6.45) is 0.947. The summed E-state index contributed by atoms with van der Waals surface area (Å²) < 4.78 is 0. The van der Waals surface area contributed by atoms with Crippen molar-refractivity contribution >= 4 is 45.7 Å². The van der Waals surface area contributed by atoms with Crippen molar-refractivity contribution in [2.24, 2.45) is 0 Å². The highest BCUT2D eigenvalue weighted by Gasteiger charge is 2.12. The minimum absolute atomic E-state index is 0.218. The Morgan fingerprint density at radius 1 is 1.12 bits per heavy atom. The van der Waals surface area contributed by atoms with E-state index in [2.05, 4.69) is 36.2 Å². The van der Waals surface area contributed by atoms with E-state index in [9.17, 15) is 4.79 Å². The molecule has 0 radical (unpaired) electrons. The molecule has 2 aromatic carbocycles. The lowest BCUT2D eigenvalue weighted by Crippen LogP contribution is -2.15. The molecule has 0 aliphatic rings. The van der Waals surface area contributed by atoms with Crippen molar-refractivity contribution in [3.05, 3.63) is 63.3 Å². The van der Waals surface area contributed by atoms with Crippen molar-refractivity contribution in [2.45, 2.75) is 13.3 Å². The number of carbonyl (C=O) groups is 1. The summed E-state index contributed by atoms with van der Waals surface area (Å²) in [4.78, 5) is 18.1. The maximum atomic E-state index is 12.5. The highest BCUT2D eigenvalue weighted by Crippen LogP contribution is 2.27. The lowest BCUT2D eigenvalue weighted by Gasteiger charge is -2.10. The van der Waals surface area contributed by atoms with Gasteiger partial charge in [0.1, 0.15) is 0 Å². The van der Waals surface area contributed by atoms with Crippen molar-refractivity contribution < 1.29 is 4.79 Å². The van der Waals surface area contributed by atoms with Crippen LogP contribution in [0.5, 0.6) is 0 Å². The second-order valence-corrected chi connectivity index (χ2v) is 7.44. The number of hydrogen-bond donors (Lipinski definition) is 2. The van der Waals surface area contributed by atoms with Crippen molar-refractivity contribution in [3.63, 3.8) is 0 Å². The molecule has 6 heteroatoms. The number of nitrogens with zero attached hydrogens (tertiary/aromatic N) is 1.